The molecule has 1 fully saturated rings. The number of piperidine rings is 1. The second kappa shape index (κ2) is 11.3. The quantitative estimate of drug-likeness (QED) is 0.475. The average Bonchev–Trinajstić information content (AvgIpc) is 3.36. The zero-order valence-electron chi connectivity index (χ0n) is 17.7. The van der Waals surface area contributed by atoms with Crippen LogP contribution in [0.1, 0.15) is 29.4 Å². The third-order valence-corrected chi connectivity index (χ3v) is 6.28. The van der Waals surface area contributed by atoms with E-state index in [1.165, 1.54) is 4.88 Å². The smallest absolute Gasteiger partial charge is 0.191 e. The van der Waals surface area contributed by atoms with E-state index in [-0.39, 0.29) is 0 Å². The molecule has 0 bridgehead atoms. The van der Waals surface area contributed by atoms with Crippen molar-refractivity contribution in [1.82, 2.24) is 30.3 Å². The maximum Gasteiger partial charge on any atom is 0.191 e. The number of rotatable bonds is 9. The van der Waals surface area contributed by atoms with Crippen LogP contribution in [-0.4, -0.2) is 71.6 Å². The van der Waals surface area contributed by atoms with Crippen LogP contribution in [0.5, 0.6) is 0 Å². The van der Waals surface area contributed by atoms with E-state index >= 15 is 0 Å². The van der Waals surface area contributed by atoms with E-state index in [4.69, 9.17) is 9.73 Å². The Bertz CT molecular complexity index is 751. The van der Waals surface area contributed by atoms with Crippen molar-refractivity contribution >= 4 is 17.3 Å². The number of ether oxygens (including phenoxy) is 1. The number of methoxy groups -OCH3 is 1. The minimum atomic E-state index is 0.433. The lowest BCUT2D eigenvalue weighted by Crippen LogP contribution is -2.49. The van der Waals surface area contributed by atoms with Crippen molar-refractivity contribution in [3.63, 3.8) is 0 Å². The molecular formula is C20H33N7OS. The normalized spacial score (nSPS) is 16.3. The van der Waals surface area contributed by atoms with Gasteiger partial charge in [-0.05, 0) is 37.6 Å². The Hall–Kier alpha value is -1.97. The number of aromatic nitrogens is 3. The lowest BCUT2D eigenvalue weighted by atomic mass is 10.1. The van der Waals surface area contributed by atoms with Crippen molar-refractivity contribution in [2.45, 2.75) is 38.8 Å². The van der Waals surface area contributed by atoms with Crippen LogP contribution in [0, 0.1) is 6.92 Å². The van der Waals surface area contributed by atoms with Gasteiger partial charge in [0.15, 0.2) is 11.8 Å². The number of nitrogens with one attached hydrogen (secondary N) is 2. The van der Waals surface area contributed by atoms with Crippen LogP contribution in [0.15, 0.2) is 22.5 Å². The Labute approximate surface area is 177 Å². The summed E-state index contributed by atoms with van der Waals surface area (Å²) >= 11 is 1.79. The minimum absolute atomic E-state index is 0.433. The molecule has 0 saturated carbocycles. The van der Waals surface area contributed by atoms with Crippen LogP contribution >= 0.6 is 11.3 Å². The van der Waals surface area contributed by atoms with Crippen LogP contribution in [0.2, 0.25) is 0 Å². The van der Waals surface area contributed by atoms with Crippen molar-refractivity contribution in [3.05, 3.63) is 34.0 Å². The number of guanidine groups is 1. The Morgan fingerprint density at radius 2 is 2.17 bits per heavy atom. The highest BCUT2D eigenvalue weighted by Gasteiger charge is 2.20. The molecule has 2 aromatic rings. The summed E-state index contributed by atoms with van der Waals surface area (Å²) in [7, 11) is 3.74. The third-order valence-electron chi connectivity index (χ3n) is 5.35. The molecule has 0 unspecified atom stereocenters. The Morgan fingerprint density at radius 1 is 1.34 bits per heavy atom. The van der Waals surface area contributed by atoms with Gasteiger partial charge in [0.05, 0.1) is 6.61 Å². The molecule has 9 heteroatoms. The fraction of sp³-hybridized carbons (Fsp3) is 0.650. The maximum absolute atomic E-state index is 5.20. The average molecular weight is 420 g/mol. The monoisotopic (exact) mass is 419 g/mol. The van der Waals surface area contributed by atoms with Crippen molar-refractivity contribution in [2.24, 2.45) is 12.0 Å². The van der Waals surface area contributed by atoms with E-state index in [0.717, 1.165) is 69.7 Å². The van der Waals surface area contributed by atoms with Gasteiger partial charge in [-0.25, -0.2) is 4.99 Å². The molecule has 0 aromatic carbocycles. The molecule has 0 radical (unpaired) electrons. The molecule has 8 nitrogen and oxygen atoms in total. The van der Waals surface area contributed by atoms with Gasteiger partial charge in [-0.15, -0.1) is 21.5 Å². The zero-order valence-corrected chi connectivity index (χ0v) is 18.5. The van der Waals surface area contributed by atoms with E-state index in [0.29, 0.717) is 12.6 Å². The number of hydrogen-bond donors (Lipinski definition) is 2. The van der Waals surface area contributed by atoms with Gasteiger partial charge in [0.25, 0.3) is 0 Å². The molecule has 3 heterocycles. The van der Waals surface area contributed by atoms with Crippen LogP contribution in [0.4, 0.5) is 0 Å². The van der Waals surface area contributed by atoms with Crippen molar-refractivity contribution in [2.75, 3.05) is 39.9 Å². The maximum atomic E-state index is 5.20. The molecule has 2 N–H and O–H groups in total. The van der Waals surface area contributed by atoms with Gasteiger partial charge < -0.3 is 24.8 Å². The first-order valence-corrected chi connectivity index (χ1v) is 11.2. The highest BCUT2D eigenvalue weighted by atomic mass is 32.1. The summed E-state index contributed by atoms with van der Waals surface area (Å²) in [5, 5.41) is 17.6. The largest absolute Gasteiger partial charge is 0.383 e. The van der Waals surface area contributed by atoms with Gasteiger partial charge in [0, 0.05) is 51.3 Å². The molecule has 0 amide bonds. The number of likely N-dealkylation sites (tertiary alicyclic amines) is 1. The molecule has 29 heavy (non-hydrogen) atoms. The molecule has 0 spiro atoms. The van der Waals surface area contributed by atoms with Gasteiger partial charge in [0.2, 0.25) is 0 Å². The van der Waals surface area contributed by atoms with E-state index < -0.39 is 0 Å². The van der Waals surface area contributed by atoms with Crippen LogP contribution in [0.25, 0.3) is 0 Å². The summed E-state index contributed by atoms with van der Waals surface area (Å²) in [6.45, 7) is 7.31. The summed E-state index contributed by atoms with van der Waals surface area (Å²) in [5.41, 5.74) is 0. The molecular weight excluding hydrogens is 386 g/mol. The van der Waals surface area contributed by atoms with Crippen LogP contribution in [0.3, 0.4) is 0 Å². The Kier molecular flexibility index (Phi) is 8.45. The van der Waals surface area contributed by atoms with Gasteiger partial charge in [-0.3, -0.25) is 0 Å². The second-order valence-electron chi connectivity index (χ2n) is 7.40. The Morgan fingerprint density at radius 3 is 2.83 bits per heavy atom. The van der Waals surface area contributed by atoms with Gasteiger partial charge >= 0.3 is 0 Å². The van der Waals surface area contributed by atoms with Crippen molar-refractivity contribution < 1.29 is 4.74 Å². The lowest BCUT2D eigenvalue weighted by Gasteiger charge is -2.32. The third kappa shape index (κ3) is 6.80. The molecule has 0 aliphatic carbocycles. The fourth-order valence-corrected chi connectivity index (χ4v) is 4.07. The number of thiophene rings is 1. The highest BCUT2D eigenvalue weighted by molar-refractivity contribution is 7.09. The zero-order chi connectivity index (χ0) is 20.5. The fourth-order valence-electron chi connectivity index (χ4n) is 3.36. The minimum Gasteiger partial charge on any atom is -0.383 e. The number of nitrogens with zero attached hydrogens (tertiary/aromatic N) is 5. The van der Waals surface area contributed by atoms with Gasteiger partial charge in [-0.2, -0.15) is 0 Å². The first-order valence-electron chi connectivity index (χ1n) is 10.3. The SMILES string of the molecule is COCCN1CCC(NC(=NCc2nnc(C)n2C)NCCc2cccs2)CC1. The summed E-state index contributed by atoms with van der Waals surface area (Å²) in [4.78, 5) is 8.64. The summed E-state index contributed by atoms with van der Waals surface area (Å²) in [6, 6.07) is 4.71. The van der Waals surface area contributed by atoms with E-state index in [2.05, 4.69) is 43.2 Å². The summed E-state index contributed by atoms with van der Waals surface area (Å²) in [6.07, 6.45) is 3.22. The van der Waals surface area contributed by atoms with Crippen LogP contribution < -0.4 is 10.6 Å². The summed E-state index contributed by atoms with van der Waals surface area (Å²) in [5.74, 6) is 2.63. The van der Waals surface area contributed by atoms with E-state index in [1.807, 2.05) is 18.5 Å². The number of aliphatic imine (C=N–C) groups is 1. The predicted octanol–water partition coefficient (Wildman–Crippen LogP) is 1.57. The molecule has 3 rings (SSSR count). The Balaban J connectivity index is 1.55. The molecule has 1 aliphatic heterocycles. The lowest BCUT2D eigenvalue weighted by molar-refractivity contribution is 0.128. The first kappa shape index (κ1) is 21.7. The molecule has 160 valence electrons. The van der Waals surface area contributed by atoms with Crippen molar-refractivity contribution in [1.29, 1.82) is 0 Å². The number of aryl methyl sites for hydroxylation is 1. The molecule has 0 atom stereocenters. The standard InChI is InChI=1S/C20H33N7OS/c1-16-24-25-19(26(16)2)15-22-20(21-9-6-18-5-4-14-29-18)23-17-7-10-27(11-8-17)12-13-28-3/h4-5,14,17H,6-13,15H2,1-3H3,(H2,21,22,23). The topological polar surface area (TPSA) is 79.6 Å². The highest BCUT2D eigenvalue weighted by Crippen LogP contribution is 2.11. The summed E-state index contributed by atoms with van der Waals surface area (Å²) < 4.78 is 7.18. The number of hydrogen-bond acceptors (Lipinski definition) is 6. The molecule has 1 aliphatic rings. The molecule has 1 saturated heterocycles. The van der Waals surface area contributed by atoms with Gasteiger partial charge in [0.1, 0.15) is 12.4 Å². The predicted molar refractivity (Wildman–Crippen MR) is 117 cm³/mol. The van der Waals surface area contributed by atoms with Crippen molar-refractivity contribution in [3.8, 4) is 0 Å². The first-order chi connectivity index (χ1) is 14.2. The second-order valence-corrected chi connectivity index (χ2v) is 8.43. The van der Waals surface area contributed by atoms with E-state index in [9.17, 15) is 0 Å². The molecule has 2 aromatic heterocycles. The van der Waals surface area contributed by atoms with Gasteiger partial charge in [-0.1, -0.05) is 6.07 Å². The van der Waals surface area contributed by atoms with Crippen LogP contribution in [-0.2, 0) is 24.8 Å². The van der Waals surface area contributed by atoms with E-state index in [1.54, 1.807) is 18.4 Å².